The van der Waals surface area contributed by atoms with Crippen molar-refractivity contribution in [2.75, 3.05) is 0 Å². The number of ether oxygens (including phenoxy) is 1. The highest BCUT2D eigenvalue weighted by Crippen LogP contribution is 2.36. The van der Waals surface area contributed by atoms with E-state index in [9.17, 15) is 9.90 Å². The van der Waals surface area contributed by atoms with Crippen LogP contribution in [-0.2, 0) is 4.79 Å². The number of fused-ring (bicyclic) bond motifs is 1. The molecule has 2 atom stereocenters. The zero-order valence-electron chi connectivity index (χ0n) is 7.93. The van der Waals surface area contributed by atoms with Gasteiger partial charge in [-0.25, -0.2) is 0 Å². The standard InChI is InChI=1S/C11H12O3/c1-7-4-8(6-12)10-5-9(13)2-3-11(10)14-7/h2-3,5-8,13H,4H2,1H3. The Balaban J connectivity index is 2.46. The van der Waals surface area contributed by atoms with Crippen molar-refractivity contribution in [2.24, 2.45) is 0 Å². The second-order valence-corrected chi connectivity index (χ2v) is 3.63. The largest absolute Gasteiger partial charge is 0.508 e. The number of benzene rings is 1. The molecular formula is C11H12O3. The average Bonchev–Trinajstić information content (AvgIpc) is 2.17. The van der Waals surface area contributed by atoms with Crippen molar-refractivity contribution >= 4 is 6.29 Å². The van der Waals surface area contributed by atoms with Gasteiger partial charge in [0.15, 0.2) is 0 Å². The third-order valence-corrected chi connectivity index (χ3v) is 2.47. The minimum atomic E-state index is -0.152. The normalized spacial score (nSPS) is 24.9. The molecule has 14 heavy (non-hydrogen) atoms. The molecule has 0 fully saturated rings. The molecule has 74 valence electrons. The summed E-state index contributed by atoms with van der Waals surface area (Å²) in [6.07, 6.45) is 1.65. The molecule has 1 aliphatic heterocycles. The van der Waals surface area contributed by atoms with Gasteiger partial charge in [0.25, 0.3) is 0 Å². The zero-order valence-corrected chi connectivity index (χ0v) is 7.93. The first kappa shape index (κ1) is 9.06. The zero-order chi connectivity index (χ0) is 10.1. The number of carbonyl (C=O) groups excluding carboxylic acids is 1. The summed E-state index contributed by atoms with van der Waals surface area (Å²) >= 11 is 0. The van der Waals surface area contributed by atoms with Crippen LogP contribution < -0.4 is 4.74 Å². The molecule has 0 saturated heterocycles. The van der Waals surface area contributed by atoms with Gasteiger partial charge in [-0.15, -0.1) is 0 Å². The van der Waals surface area contributed by atoms with E-state index in [2.05, 4.69) is 0 Å². The van der Waals surface area contributed by atoms with E-state index < -0.39 is 0 Å². The van der Waals surface area contributed by atoms with Crippen molar-refractivity contribution in [3.63, 3.8) is 0 Å². The summed E-state index contributed by atoms with van der Waals surface area (Å²) < 4.78 is 5.55. The first-order chi connectivity index (χ1) is 6.70. The Hall–Kier alpha value is -1.51. The monoisotopic (exact) mass is 192 g/mol. The Morgan fingerprint density at radius 2 is 2.36 bits per heavy atom. The van der Waals surface area contributed by atoms with E-state index in [4.69, 9.17) is 4.74 Å². The van der Waals surface area contributed by atoms with Crippen molar-refractivity contribution in [1.82, 2.24) is 0 Å². The third-order valence-electron chi connectivity index (χ3n) is 2.47. The van der Waals surface area contributed by atoms with Gasteiger partial charge in [0.1, 0.15) is 17.8 Å². The van der Waals surface area contributed by atoms with Gasteiger partial charge in [0.05, 0.1) is 6.10 Å². The average molecular weight is 192 g/mol. The minimum absolute atomic E-state index is 0.0576. The van der Waals surface area contributed by atoms with Crippen LogP contribution in [0, 0.1) is 0 Å². The van der Waals surface area contributed by atoms with Gasteiger partial charge < -0.3 is 14.6 Å². The summed E-state index contributed by atoms with van der Waals surface area (Å²) in [5, 5.41) is 9.30. The molecule has 0 saturated carbocycles. The molecule has 0 aromatic heterocycles. The predicted molar refractivity (Wildman–Crippen MR) is 51.6 cm³/mol. The van der Waals surface area contributed by atoms with E-state index in [0.29, 0.717) is 12.2 Å². The molecule has 1 N–H and O–H groups in total. The van der Waals surface area contributed by atoms with Gasteiger partial charge in [-0.2, -0.15) is 0 Å². The second kappa shape index (κ2) is 3.33. The van der Waals surface area contributed by atoms with Gasteiger partial charge in [-0.3, -0.25) is 0 Å². The first-order valence-corrected chi connectivity index (χ1v) is 4.65. The summed E-state index contributed by atoms with van der Waals surface area (Å²) in [5.74, 6) is 0.730. The number of phenolic OH excluding ortho intramolecular Hbond substituents is 1. The van der Waals surface area contributed by atoms with Crippen LogP contribution in [0.15, 0.2) is 18.2 Å². The topological polar surface area (TPSA) is 46.5 Å². The van der Waals surface area contributed by atoms with Crippen LogP contribution in [0.4, 0.5) is 0 Å². The Bertz CT molecular complexity index is 360. The Kier molecular flexibility index (Phi) is 2.15. The fourth-order valence-corrected chi connectivity index (χ4v) is 1.81. The smallest absolute Gasteiger partial charge is 0.127 e. The molecule has 0 amide bonds. The summed E-state index contributed by atoms with van der Waals surface area (Å²) in [6.45, 7) is 1.94. The number of aldehydes is 1. The maximum Gasteiger partial charge on any atom is 0.127 e. The van der Waals surface area contributed by atoms with E-state index in [0.717, 1.165) is 11.8 Å². The predicted octanol–water partition coefficient (Wildman–Crippen LogP) is 1.85. The summed E-state index contributed by atoms with van der Waals surface area (Å²) in [6, 6.07) is 4.87. The number of carbonyl (C=O) groups is 1. The van der Waals surface area contributed by atoms with Crippen LogP contribution in [0.5, 0.6) is 11.5 Å². The van der Waals surface area contributed by atoms with Crippen LogP contribution in [0.2, 0.25) is 0 Å². The van der Waals surface area contributed by atoms with Gasteiger partial charge in [0, 0.05) is 11.5 Å². The van der Waals surface area contributed by atoms with Gasteiger partial charge in [0.2, 0.25) is 0 Å². The molecule has 1 aliphatic rings. The molecule has 3 heteroatoms. The molecule has 0 spiro atoms. The van der Waals surface area contributed by atoms with E-state index in [1.54, 1.807) is 18.2 Å². The molecule has 1 heterocycles. The van der Waals surface area contributed by atoms with Gasteiger partial charge in [-0.05, 0) is 31.5 Å². The lowest BCUT2D eigenvalue weighted by atomic mass is 9.91. The van der Waals surface area contributed by atoms with Gasteiger partial charge in [-0.1, -0.05) is 0 Å². The van der Waals surface area contributed by atoms with Crippen LogP contribution in [0.3, 0.4) is 0 Å². The fourth-order valence-electron chi connectivity index (χ4n) is 1.81. The number of hydrogen-bond acceptors (Lipinski definition) is 3. The molecule has 0 aliphatic carbocycles. The molecule has 0 bridgehead atoms. The molecule has 2 unspecified atom stereocenters. The van der Waals surface area contributed by atoms with Crippen LogP contribution >= 0.6 is 0 Å². The molecule has 2 rings (SSSR count). The van der Waals surface area contributed by atoms with E-state index >= 15 is 0 Å². The maximum absolute atomic E-state index is 10.8. The number of phenols is 1. The molecule has 3 nitrogen and oxygen atoms in total. The van der Waals surface area contributed by atoms with Crippen molar-refractivity contribution in [3.8, 4) is 11.5 Å². The lowest BCUT2D eigenvalue weighted by molar-refractivity contribution is -0.110. The van der Waals surface area contributed by atoms with Crippen LogP contribution in [0.25, 0.3) is 0 Å². The molecule has 1 aromatic rings. The van der Waals surface area contributed by atoms with Crippen molar-refractivity contribution < 1.29 is 14.6 Å². The summed E-state index contributed by atoms with van der Waals surface area (Å²) in [7, 11) is 0. The number of aromatic hydroxyl groups is 1. The van der Waals surface area contributed by atoms with E-state index in [1.807, 2.05) is 6.92 Å². The van der Waals surface area contributed by atoms with E-state index in [1.165, 1.54) is 0 Å². The molecule has 0 radical (unpaired) electrons. The maximum atomic E-state index is 10.8. The highest BCUT2D eigenvalue weighted by Gasteiger charge is 2.25. The molecule has 1 aromatic carbocycles. The SMILES string of the molecule is CC1CC(C=O)c2cc(O)ccc2O1. The van der Waals surface area contributed by atoms with Crippen LogP contribution in [0.1, 0.15) is 24.8 Å². The minimum Gasteiger partial charge on any atom is -0.508 e. The fraction of sp³-hybridized carbons (Fsp3) is 0.364. The van der Waals surface area contributed by atoms with Crippen LogP contribution in [-0.4, -0.2) is 17.5 Å². The second-order valence-electron chi connectivity index (χ2n) is 3.63. The molecular weight excluding hydrogens is 180 g/mol. The number of rotatable bonds is 1. The van der Waals surface area contributed by atoms with E-state index in [-0.39, 0.29) is 17.8 Å². The quantitative estimate of drug-likeness (QED) is 0.690. The van der Waals surface area contributed by atoms with Crippen molar-refractivity contribution in [2.45, 2.75) is 25.4 Å². The van der Waals surface area contributed by atoms with Gasteiger partial charge >= 0.3 is 0 Å². The third kappa shape index (κ3) is 1.45. The van der Waals surface area contributed by atoms with Crippen molar-refractivity contribution in [3.05, 3.63) is 23.8 Å². The summed E-state index contributed by atoms with van der Waals surface area (Å²) in [5.41, 5.74) is 0.790. The van der Waals surface area contributed by atoms with Crippen molar-refractivity contribution in [1.29, 1.82) is 0 Å². The lowest BCUT2D eigenvalue weighted by Crippen LogP contribution is -2.23. The first-order valence-electron chi connectivity index (χ1n) is 4.65. The summed E-state index contributed by atoms with van der Waals surface area (Å²) in [4.78, 5) is 10.8. The highest BCUT2D eigenvalue weighted by molar-refractivity contribution is 5.66. The number of hydrogen-bond donors (Lipinski definition) is 1. The Morgan fingerprint density at radius 3 is 3.07 bits per heavy atom. The highest BCUT2D eigenvalue weighted by atomic mass is 16.5. The Morgan fingerprint density at radius 1 is 1.57 bits per heavy atom. The lowest BCUT2D eigenvalue weighted by Gasteiger charge is -2.27. The Labute approximate surface area is 82.3 Å².